The summed E-state index contributed by atoms with van der Waals surface area (Å²) in [4.78, 5) is 11.8. The zero-order valence-electron chi connectivity index (χ0n) is 14.0. The number of benzene rings is 1. The summed E-state index contributed by atoms with van der Waals surface area (Å²) in [5.74, 6) is -0.475. The molecule has 0 radical (unpaired) electrons. The molecule has 1 N–H and O–H groups in total. The number of thioether (sulfide) groups is 1. The molecule has 8 heteroatoms. The first-order valence-corrected chi connectivity index (χ1v) is 9.12. The topological polar surface area (TPSA) is 47.6 Å². The molecule has 1 aliphatic heterocycles. The van der Waals surface area contributed by atoms with Crippen LogP contribution in [0.25, 0.3) is 0 Å². The van der Waals surface area contributed by atoms with Crippen molar-refractivity contribution >= 4 is 17.7 Å². The Kier molecular flexibility index (Phi) is 7.01. The molecule has 1 amide bonds. The van der Waals surface area contributed by atoms with Gasteiger partial charge in [0, 0.05) is 25.2 Å². The molecule has 0 atom stereocenters. The van der Waals surface area contributed by atoms with E-state index in [-0.39, 0.29) is 17.2 Å². The Labute approximate surface area is 149 Å². The summed E-state index contributed by atoms with van der Waals surface area (Å²) in [5.41, 5.74) is -3.70. The highest BCUT2D eigenvalue weighted by Crippen LogP contribution is 2.35. The van der Waals surface area contributed by atoms with Crippen molar-refractivity contribution in [3.05, 3.63) is 29.8 Å². The minimum absolute atomic E-state index is 0.293. The van der Waals surface area contributed by atoms with Crippen molar-refractivity contribution in [2.75, 3.05) is 32.1 Å². The molecule has 4 nitrogen and oxygen atoms in total. The van der Waals surface area contributed by atoms with Gasteiger partial charge in [-0.1, -0.05) is 12.1 Å². The molecule has 0 saturated carbocycles. The van der Waals surface area contributed by atoms with Crippen LogP contribution >= 0.6 is 11.8 Å². The number of halogens is 3. The van der Waals surface area contributed by atoms with Crippen LogP contribution in [0.15, 0.2) is 24.3 Å². The number of carbonyl (C=O) groups excluding carboxylic acids is 1. The first-order chi connectivity index (χ1) is 11.8. The Morgan fingerprint density at radius 3 is 2.48 bits per heavy atom. The fourth-order valence-electron chi connectivity index (χ4n) is 2.87. The van der Waals surface area contributed by atoms with Crippen LogP contribution in [0.4, 0.5) is 13.2 Å². The van der Waals surface area contributed by atoms with Gasteiger partial charge in [0.1, 0.15) is 5.75 Å². The first kappa shape index (κ1) is 19.9. The van der Waals surface area contributed by atoms with E-state index in [1.54, 1.807) is 0 Å². The molecule has 0 spiro atoms. The van der Waals surface area contributed by atoms with Gasteiger partial charge < -0.3 is 14.8 Å². The second-order valence-corrected chi connectivity index (χ2v) is 6.90. The summed E-state index contributed by atoms with van der Waals surface area (Å²) in [5, 5.41) is 2.66. The predicted molar refractivity (Wildman–Crippen MR) is 90.9 cm³/mol. The van der Waals surface area contributed by atoms with Crippen molar-refractivity contribution in [1.82, 2.24) is 5.32 Å². The summed E-state index contributed by atoms with van der Waals surface area (Å²) in [6.45, 7) is 3.88. The molecule has 1 aromatic rings. The van der Waals surface area contributed by atoms with Gasteiger partial charge in [-0.15, -0.1) is 0 Å². The Bertz CT molecular complexity index is 557. The SMILES string of the molecule is CCOc1ccc(C2(CNC(=O)CSC(F)(F)F)CCOCC2)cc1. The average Bonchev–Trinajstić information content (AvgIpc) is 2.59. The van der Waals surface area contributed by atoms with Gasteiger partial charge in [-0.2, -0.15) is 13.2 Å². The lowest BCUT2D eigenvalue weighted by Crippen LogP contribution is -2.45. The molecule has 0 bridgehead atoms. The van der Waals surface area contributed by atoms with Gasteiger partial charge in [0.05, 0.1) is 12.4 Å². The van der Waals surface area contributed by atoms with Crippen LogP contribution in [0, 0.1) is 0 Å². The molecular formula is C17H22F3NO3S. The van der Waals surface area contributed by atoms with E-state index in [1.165, 1.54) is 0 Å². The maximum atomic E-state index is 12.2. The summed E-state index contributed by atoms with van der Waals surface area (Å²) in [7, 11) is 0. The molecule has 25 heavy (non-hydrogen) atoms. The lowest BCUT2D eigenvalue weighted by Gasteiger charge is -2.38. The quantitative estimate of drug-likeness (QED) is 0.790. The summed E-state index contributed by atoms with van der Waals surface area (Å²) in [6.07, 6.45) is 1.40. The standard InChI is InChI=1S/C17H22F3NO3S/c1-2-24-14-5-3-13(4-6-14)16(7-9-23-10-8-16)12-21-15(22)11-25-17(18,19)20/h3-6H,2,7-12H2,1H3,(H,21,22). The van der Waals surface area contributed by atoms with Gasteiger partial charge in [-0.05, 0) is 49.2 Å². The molecule has 0 aliphatic carbocycles. The van der Waals surface area contributed by atoms with Gasteiger partial charge in [0.2, 0.25) is 5.91 Å². The minimum Gasteiger partial charge on any atom is -0.494 e. The second-order valence-electron chi connectivity index (χ2n) is 5.86. The molecule has 140 valence electrons. The van der Waals surface area contributed by atoms with E-state index in [1.807, 2.05) is 31.2 Å². The fraction of sp³-hybridized carbons (Fsp3) is 0.588. The number of amides is 1. The van der Waals surface area contributed by atoms with Crippen LogP contribution in [-0.4, -0.2) is 43.5 Å². The smallest absolute Gasteiger partial charge is 0.442 e. The monoisotopic (exact) mass is 377 g/mol. The van der Waals surface area contributed by atoms with Gasteiger partial charge in [0.25, 0.3) is 0 Å². The third-order valence-corrected chi connectivity index (χ3v) is 4.95. The van der Waals surface area contributed by atoms with E-state index in [0.29, 0.717) is 39.2 Å². The normalized spacial score (nSPS) is 17.1. The third-order valence-electron chi connectivity index (χ3n) is 4.22. The van der Waals surface area contributed by atoms with Gasteiger partial charge in [-0.25, -0.2) is 0 Å². The first-order valence-electron chi connectivity index (χ1n) is 8.13. The molecule has 0 unspecified atom stereocenters. The Morgan fingerprint density at radius 2 is 1.92 bits per heavy atom. The van der Waals surface area contributed by atoms with Crippen LogP contribution < -0.4 is 10.1 Å². The highest BCUT2D eigenvalue weighted by atomic mass is 32.2. The molecule has 1 aromatic carbocycles. The Morgan fingerprint density at radius 1 is 1.28 bits per heavy atom. The van der Waals surface area contributed by atoms with Crippen LogP contribution in [-0.2, 0) is 14.9 Å². The van der Waals surface area contributed by atoms with Crippen LogP contribution in [0.2, 0.25) is 0 Å². The second kappa shape index (κ2) is 8.80. The highest BCUT2D eigenvalue weighted by Gasteiger charge is 2.35. The number of rotatable bonds is 7. The van der Waals surface area contributed by atoms with Gasteiger partial charge in [-0.3, -0.25) is 4.79 Å². The largest absolute Gasteiger partial charge is 0.494 e. The number of nitrogens with one attached hydrogen (secondary N) is 1. The predicted octanol–water partition coefficient (Wildman–Crippen LogP) is 3.50. The van der Waals surface area contributed by atoms with E-state index >= 15 is 0 Å². The minimum atomic E-state index is -4.40. The van der Waals surface area contributed by atoms with E-state index < -0.39 is 17.2 Å². The van der Waals surface area contributed by atoms with Crippen LogP contribution in [0.3, 0.4) is 0 Å². The number of ether oxygens (including phenoxy) is 2. The van der Waals surface area contributed by atoms with Crippen molar-refractivity contribution in [3.63, 3.8) is 0 Å². The molecule has 1 heterocycles. The summed E-state index contributed by atoms with van der Waals surface area (Å²) >= 11 is -0.323. The summed E-state index contributed by atoms with van der Waals surface area (Å²) in [6, 6.07) is 7.65. The van der Waals surface area contributed by atoms with Gasteiger partial charge in [0.15, 0.2) is 0 Å². The molecular weight excluding hydrogens is 355 g/mol. The van der Waals surface area contributed by atoms with Crippen molar-refractivity contribution < 1.29 is 27.4 Å². The molecule has 1 fully saturated rings. The lowest BCUT2D eigenvalue weighted by molar-refractivity contribution is -0.119. The maximum Gasteiger partial charge on any atom is 0.442 e. The van der Waals surface area contributed by atoms with Crippen molar-refractivity contribution in [1.29, 1.82) is 0 Å². The van der Waals surface area contributed by atoms with Crippen LogP contribution in [0.1, 0.15) is 25.3 Å². The number of hydrogen-bond acceptors (Lipinski definition) is 4. The molecule has 1 saturated heterocycles. The van der Waals surface area contributed by atoms with Gasteiger partial charge >= 0.3 is 5.51 Å². The van der Waals surface area contributed by atoms with Crippen LogP contribution in [0.5, 0.6) is 5.75 Å². The third kappa shape index (κ3) is 6.11. The number of carbonyl (C=O) groups is 1. The van der Waals surface area contributed by atoms with E-state index in [2.05, 4.69) is 5.32 Å². The summed E-state index contributed by atoms with van der Waals surface area (Å²) < 4.78 is 47.5. The Balaban J connectivity index is 2.03. The van der Waals surface area contributed by atoms with E-state index in [9.17, 15) is 18.0 Å². The fourth-order valence-corrected chi connectivity index (χ4v) is 3.26. The van der Waals surface area contributed by atoms with Crippen molar-refractivity contribution in [2.24, 2.45) is 0 Å². The average molecular weight is 377 g/mol. The van der Waals surface area contributed by atoms with E-state index in [0.717, 1.165) is 11.3 Å². The molecule has 1 aliphatic rings. The molecule has 0 aromatic heterocycles. The molecule has 2 rings (SSSR count). The zero-order valence-corrected chi connectivity index (χ0v) is 14.8. The van der Waals surface area contributed by atoms with E-state index in [4.69, 9.17) is 9.47 Å². The maximum absolute atomic E-state index is 12.2. The highest BCUT2D eigenvalue weighted by molar-refractivity contribution is 8.00. The zero-order chi connectivity index (χ0) is 18.3. The van der Waals surface area contributed by atoms with Crippen molar-refractivity contribution in [3.8, 4) is 5.75 Å². The van der Waals surface area contributed by atoms with Crippen molar-refractivity contribution in [2.45, 2.75) is 30.7 Å². The number of alkyl halides is 3. The Hall–Kier alpha value is -1.41. The lowest BCUT2D eigenvalue weighted by atomic mass is 9.74. The number of hydrogen-bond donors (Lipinski definition) is 1.